The van der Waals surface area contributed by atoms with E-state index in [2.05, 4.69) is 16.1 Å². The summed E-state index contributed by atoms with van der Waals surface area (Å²) in [6, 6.07) is 5.99. The number of aliphatic hydroxyl groups excluding tert-OH is 1. The maximum absolute atomic E-state index is 10.7. The van der Waals surface area contributed by atoms with Crippen molar-refractivity contribution < 1.29 is 19.7 Å². The Balaban J connectivity index is 1.76. The van der Waals surface area contributed by atoms with Crippen LogP contribution in [0.25, 0.3) is 0 Å². The third kappa shape index (κ3) is 3.83. The second-order valence-corrected chi connectivity index (χ2v) is 3.89. The Bertz CT molecular complexity index is 454. The number of hydrazine groups is 2. The SMILES string of the molecule is O=C(O)c1ccc(OCC(O)CN2NC=NN2)cc1. The van der Waals surface area contributed by atoms with E-state index in [-0.39, 0.29) is 18.7 Å². The van der Waals surface area contributed by atoms with Gasteiger partial charge in [-0.05, 0) is 24.3 Å². The van der Waals surface area contributed by atoms with Crippen LogP contribution in [0.4, 0.5) is 0 Å². The molecule has 1 atom stereocenters. The van der Waals surface area contributed by atoms with Crippen LogP contribution in [0, 0.1) is 0 Å². The van der Waals surface area contributed by atoms with Crippen molar-refractivity contribution in [3.63, 3.8) is 0 Å². The van der Waals surface area contributed by atoms with E-state index in [9.17, 15) is 9.90 Å². The smallest absolute Gasteiger partial charge is 0.335 e. The standard InChI is InChI=1S/C11H14N4O4/c16-9(5-15-13-7-12-14-15)6-19-10-3-1-8(2-4-10)11(17)18/h1-4,7,9,14,16H,5-6H2,(H,12,13)(H,17,18). The molecule has 0 saturated heterocycles. The Hall–Kier alpha value is -2.32. The summed E-state index contributed by atoms with van der Waals surface area (Å²) in [4.78, 5) is 10.7. The van der Waals surface area contributed by atoms with E-state index >= 15 is 0 Å². The van der Waals surface area contributed by atoms with Crippen molar-refractivity contribution in [1.29, 1.82) is 0 Å². The number of nitrogens with one attached hydrogen (secondary N) is 2. The highest BCUT2D eigenvalue weighted by atomic mass is 16.5. The van der Waals surface area contributed by atoms with Crippen LogP contribution in [-0.2, 0) is 0 Å². The molecule has 0 saturated carbocycles. The summed E-state index contributed by atoms with van der Waals surface area (Å²) in [6.07, 6.45) is 0.735. The predicted molar refractivity (Wildman–Crippen MR) is 66.4 cm³/mol. The molecule has 2 rings (SSSR count). The number of carbonyl (C=O) groups is 1. The van der Waals surface area contributed by atoms with Gasteiger partial charge in [-0.1, -0.05) is 0 Å². The Morgan fingerprint density at radius 1 is 1.42 bits per heavy atom. The van der Waals surface area contributed by atoms with Crippen LogP contribution in [0.15, 0.2) is 29.4 Å². The Kier molecular flexibility index (Phi) is 4.16. The number of aromatic carboxylic acids is 1. The molecule has 0 aliphatic carbocycles. The van der Waals surface area contributed by atoms with Crippen molar-refractivity contribution in [3.05, 3.63) is 29.8 Å². The van der Waals surface area contributed by atoms with Gasteiger partial charge >= 0.3 is 5.97 Å². The monoisotopic (exact) mass is 266 g/mol. The van der Waals surface area contributed by atoms with Crippen molar-refractivity contribution in [3.8, 4) is 5.75 Å². The van der Waals surface area contributed by atoms with Crippen molar-refractivity contribution in [2.75, 3.05) is 13.2 Å². The molecule has 1 aliphatic heterocycles. The number of benzene rings is 1. The average Bonchev–Trinajstić information content (AvgIpc) is 2.89. The molecule has 1 aliphatic rings. The number of hydrogen-bond acceptors (Lipinski definition) is 7. The topological polar surface area (TPSA) is 106 Å². The molecule has 0 radical (unpaired) electrons. The number of β-amino-alcohol motifs (C(OH)–C–C–N with tert-alkyl or cyclic N) is 1. The third-order valence-corrected chi connectivity index (χ3v) is 2.39. The number of carboxylic acids is 1. The molecule has 8 heteroatoms. The van der Waals surface area contributed by atoms with Gasteiger partial charge < -0.3 is 14.9 Å². The van der Waals surface area contributed by atoms with E-state index in [1.807, 2.05) is 0 Å². The minimum Gasteiger partial charge on any atom is -0.491 e. The van der Waals surface area contributed by atoms with E-state index in [0.717, 1.165) is 0 Å². The Morgan fingerprint density at radius 2 is 2.16 bits per heavy atom. The molecule has 0 amide bonds. The van der Waals surface area contributed by atoms with E-state index < -0.39 is 12.1 Å². The number of nitrogens with zero attached hydrogens (tertiary/aromatic N) is 2. The average molecular weight is 266 g/mol. The van der Waals surface area contributed by atoms with Crippen molar-refractivity contribution >= 4 is 12.3 Å². The first-order valence-corrected chi connectivity index (χ1v) is 5.60. The van der Waals surface area contributed by atoms with Gasteiger partial charge in [0.15, 0.2) is 0 Å². The zero-order valence-electron chi connectivity index (χ0n) is 9.98. The van der Waals surface area contributed by atoms with Crippen molar-refractivity contribution in [2.24, 2.45) is 5.10 Å². The molecule has 0 fully saturated rings. The summed E-state index contributed by atoms with van der Waals surface area (Å²) in [7, 11) is 0. The summed E-state index contributed by atoms with van der Waals surface area (Å²) in [5.74, 6) is -0.486. The number of hydrazone groups is 1. The lowest BCUT2D eigenvalue weighted by Gasteiger charge is -2.19. The lowest BCUT2D eigenvalue weighted by Crippen LogP contribution is -2.45. The number of rotatable bonds is 6. The summed E-state index contributed by atoms with van der Waals surface area (Å²) in [5, 5.41) is 23.7. The van der Waals surface area contributed by atoms with E-state index in [1.165, 1.54) is 23.6 Å². The van der Waals surface area contributed by atoms with Crippen molar-refractivity contribution in [2.45, 2.75) is 6.10 Å². The van der Waals surface area contributed by atoms with E-state index in [0.29, 0.717) is 5.75 Å². The maximum Gasteiger partial charge on any atom is 0.335 e. The predicted octanol–water partition coefficient (Wildman–Crippen LogP) is -0.607. The largest absolute Gasteiger partial charge is 0.491 e. The van der Waals surface area contributed by atoms with Crippen molar-refractivity contribution in [1.82, 2.24) is 16.1 Å². The zero-order valence-corrected chi connectivity index (χ0v) is 9.98. The summed E-state index contributed by atoms with van der Waals surface area (Å²) < 4.78 is 5.35. The van der Waals surface area contributed by atoms with Crippen LogP contribution in [-0.4, -0.2) is 46.9 Å². The van der Waals surface area contributed by atoms with Gasteiger partial charge in [-0.15, -0.1) is 5.12 Å². The Morgan fingerprint density at radius 3 is 2.74 bits per heavy atom. The molecule has 1 heterocycles. The molecular formula is C11H14N4O4. The molecule has 102 valence electrons. The lowest BCUT2D eigenvalue weighted by molar-refractivity contribution is 0.0431. The van der Waals surface area contributed by atoms with Crippen LogP contribution in [0.5, 0.6) is 5.75 Å². The molecule has 0 spiro atoms. The molecule has 0 aromatic heterocycles. The molecular weight excluding hydrogens is 252 g/mol. The Labute approximate surface area is 109 Å². The molecule has 19 heavy (non-hydrogen) atoms. The molecule has 1 aromatic carbocycles. The van der Waals surface area contributed by atoms with Gasteiger partial charge in [0.25, 0.3) is 0 Å². The third-order valence-electron chi connectivity index (χ3n) is 2.39. The molecule has 4 N–H and O–H groups in total. The van der Waals surface area contributed by atoms with Crippen LogP contribution in [0.3, 0.4) is 0 Å². The molecule has 1 aromatic rings. The summed E-state index contributed by atoms with van der Waals surface area (Å²) in [6.45, 7) is 0.374. The number of hydrogen-bond donors (Lipinski definition) is 4. The van der Waals surface area contributed by atoms with Crippen LogP contribution < -0.4 is 15.7 Å². The minimum absolute atomic E-state index is 0.0896. The summed E-state index contributed by atoms with van der Waals surface area (Å²) in [5.41, 5.74) is 5.56. The maximum atomic E-state index is 10.7. The van der Waals surface area contributed by atoms with Crippen LogP contribution >= 0.6 is 0 Å². The molecule has 8 nitrogen and oxygen atoms in total. The highest BCUT2D eigenvalue weighted by Gasteiger charge is 2.13. The molecule has 0 bridgehead atoms. The van der Waals surface area contributed by atoms with E-state index in [4.69, 9.17) is 9.84 Å². The van der Waals surface area contributed by atoms with Gasteiger partial charge in [0.1, 0.15) is 24.8 Å². The van der Waals surface area contributed by atoms with Gasteiger partial charge in [-0.2, -0.15) is 5.10 Å². The fourth-order valence-electron chi connectivity index (χ4n) is 1.47. The first kappa shape index (κ1) is 13.1. The quantitative estimate of drug-likeness (QED) is 0.544. The normalized spacial score (nSPS) is 15.6. The highest BCUT2D eigenvalue weighted by molar-refractivity contribution is 5.87. The first-order chi connectivity index (χ1) is 9.15. The zero-order chi connectivity index (χ0) is 13.7. The van der Waals surface area contributed by atoms with Gasteiger partial charge in [0, 0.05) is 0 Å². The lowest BCUT2D eigenvalue weighted by atomic mass is 10.2. The highest BCUT2D eigenvalue weighted by Crippen LogP contribution is 2.12. The van der Waals surface area contributed by atoms with Gasteiger partial charge in [0.05, 0.1) is 12.1 Å². The number of ether oxygens (including phenoxy) is 1. The minimum atomic E-state index is -0.988. The van der Waals surface area contributed by atoms with Gasteiger partial charge in [-0.3, -0.25) is 5.43 Å². The van der Waals surface area contributed by atoms with Gasteiger partial charge in [-0.25, -0.2) is 10.3 Å². The molecule has 1 unspecified atom stereocenters. The number of aliphatic hydroxyl groups is 1. The second kappa shape index (κ2) is 6.03. The van der Waals surface area contributed by atoms with Gasteiger partial charge in [0.2, 0.25) is 0 Å². The first-order valence-electron chi connectivity index (χ1n) is 5.60. The van der Waals surface area contributed by atoms with Crippen LogP contribution in [0.1, 0.15) is 10.4 Å². The summed E-state index contributed by atoms with van der Waals surface area (Å²) >= 11 is 0. The second-order valence-electron chi connectivity index (χ2n) is 3.89. The fourth-order valence-corrected chi connectivity index (χ4v) is 1.47. The fraction of sp³-hybridized carbons (Fsp3) is 0.273. The van der Waals surface area contributed by atoms with Crippen LogP contribution in [0.2, 0.25) is 0 Å². The number of carboxylic acid groups (broad SMARTS) is 1. The van der Waals surface area contributed by atoms with E-state index in [1.54, 1.807) is 12.1 Å².